The van der Waals surface area contributed by atoms with E-state index in [0.717, 1.165) is 5.56 Å². The van der Waals surface area contributed by atoms with E-state index in [-0.39, 0.29) is 18.0 Å². The van der Waals surface area contributed by atoms with E-state index in [0.29, 0.717) is 18.1 Å². The first-order valence-corrected chi connectivity index (χ1v) is 6.73. The number of halogens is 1. The number of carboxylic acid groups (broad SMARTS) is 1. The van der Waals surface area contributed by atoms with Crippen molar-refractivity contribution in [3.8, 4) is 0 Å². The fourth-order valence-corrected chi connectivity index (χ4v) is 2.70. The number of aliphatic carboxylic acids is 1. The molecule has 5 heteroatoms. The highest BCUT2D eigenvalue weighted by atomic mass is 35.5. The summed E-state index contributed by atoms with van der Waals surface area (Å²) in [7, 11) is 1.99. The summed E-state index contributed by atoms with van der Waals surface area (Å²) >= 11 is 5.89. The molecule has 2 rings (SSSR count). The van der Waals surface area contributed by atoms with E-state index in [4.69, 9.17) is 16.7 Å². The Kier molecular flexibility index (Phi) is 4.13. The molecule has 1 aromatic rings. The van der Waals surface area contributed by atoms with Crippen LogP contribution in [0.2, 0.25) is 5.02 Å². The van der Waals surface area contributed by atoms with Gasteiger partial charge in [-0.05, 0) is 31.7 Å². The largest absolute Gasteiger partial charge is 0.481 e. The second kappa shape index (κ2) is 5.49. The van der Waals surface area contributed by atoms with E-state index >= 15 is 0 Å². The first-order valence-electron chi connectivity index (χ1n) is 6.35. The minimum Gasteiger partial charge on any atom is -0.481 e. The third-order valence-electron chi connectivity index (χ3n) is 4.07. The predicted octanol–water partition coefficient (Wildman–Crippen LogP) is 2.15. The zero-order valence-corrected chi connectivity index (χ0v) is 11.9. The van der Waals surface area contributed by atoms with Crippen molar-refractivity contribution in [3.05, 3.63) is 34.9 Å². The quantitative estimate of drug-likeness (QED) is 0.869. The van der Waals surface area contributed by atoms with E-state index < -0.39 is 5.97 Å². The summed E-state index contributed by atoms with van der Waals surface area (Å²) in [4.78, 5) is 13.2. The van der Waals surface area contributed by atoms with Crippen LogP contribution in [0.3, 0.4) is 0 Å². The standard InChI is InChI=1S/C14H19ClN2O2/c1-10(11-3-5-12(15)6-4-11)17(2)14(7-13(18)19)8-16-9-14/h3-6,10,16H,7-9H2,1-2H3,(H,18,19). The fraction of sp³-hybridized carbons (Fsp3) is 0.500. The smallest absolute Gasteiger partial charge is 0.305 e. The Morgan fingerprint density at radius 3 is 2.47 bits per heavy atom. The van der Waals surface area contributed by atoms with E-state index in [1.165, 1.54) is 0 Å². The molecule has 1 aliphatic rings. The van der Waals surface area contributed by atoms with Crippen molar-refractivity contribution in [2.45, 2.75) is 24.9 Å². The molecule has 1 saturated heterocycles. The van der Waals surface area contributed by atoms with Gasteiger partial charge >= 0.3 is 5.97 Å². The van der Waals surface area contributed by atoms with Crippen molar-refractivity contribution in [2.24, 2.45) is 0 Å². The number of nitrogens with one attached hydrogen (secondary N) is 1. The fourth-order valence-electron chi connectivity index (χ4n) is 2.57. The number of carboxylic acids is 1. The van der Waals surface area contributed by atoms with Crippen molar-refractivity contribution in [1.29, 1.82) is 0 Å². The van der Waals surface area contributed by atoms with Crippen LogP contribution in [0.15, 0.2) is 24.3 Å². The van der Waals surface area contributed by atoms with E-state index in [2.05, 4.69) is 17.1 Å². The summed E-state index contributed by atoms with van der Waals surface area (Å²) in [5.41, 5.74) is 0.855. The molecule has 0 saturated carbocycles. The number of hydrogen-bond acceptors (Lipinski definition) is 3. The molecular formula is C14H19ClN2O2. The topological polar surface area (TPSA) is 52.6 Å². The van der Waals surface area contributed by atoms with Gasteiger partial charge in [-0.1, -0.05) is 23.7 Å². The van der Waals surface area contributed by atoms with Gasteiger partial charge in [0.2, 0.25) is 0 Å². The van der Waals surface area contributed by atoms with Gasteiger partial charge in [-0.2, -0.15) is 0 Å². The van der Waals surface area contributed by atoms with Gasteiger partial charge in [-0.25, -0.2) is 0 Å². The van der Waals surface area contributed by atoms with Gasteiger partial charge in [0.15, 0.2) is 0 Å². The summed E-state index contributed by atoms with van der Waals surface area (Å²) in [6.07, 6.45) is 0.161. The van der Waals surface area contributed by atoms with Gasteiger partial charge in [0.1, 0.15) is 0 Å². The Balaban J connectivity index is 2.15. The Labute approximate surface area is 118 Å². The zero-order valence-electron chi connectivity index (χ0n) is 11.2. The summed E-state index contributed by atoms with van der Waals surface area (Å²) < 4.78 is 0. The predicted molar refractivity (Wildman–Crippen MR) is 75.5 cm³/mol. The number of nitrogens with zero attached hydrogens (tertiary/aromatic N) is 1. The van der Waals surface area contributed by atoms with Crippen molar-refractivity contribution in [2.75, 3.05) is 20.1 Å². The van der Waals surface area contributed by atoms with Crippen molar-refractivity contribution >= 4 is 17.6 Å². The van der Waals surface area contributed by atoms with E-state index in [1.54, 1.807) is 0 Å². The minimum atomic E-state index is -0.753. The summed E-state index contributed by atoms with van der Waals surface area (Å²) in [5, 5.41) is 13.0. The number of likely N-dealkylation sites (N-methyl/N-ethyl adjacent to an activating group) is 1. The molecular weight excluding hydrogens is 264 g/mol. The molecule has 1 fully saturated rings. The van der Waals surface area contributed by atoms with Gasteiger partial charge in [-0.3, -0.25) is 9.69 Å². The Bertz CT molecular complexity index is 457. The maximum absolute atomic E-state index is 11.0. The van der Waals surface area contributed by atoms with Gasteiger partial charge in [0, 0.05) is 24.2 Å². The van der Waals surface area contributed by atoms with Crippen LogP contribution >= 0.6 is 11.6 Å². The second-order valence-corrected chi connectivity index (χ2v) is 5.67. The summed E-state index contributed by atoms with van der Waals surface area (Å²) in [5.74, 6) is -0.753. The molecule has 0 bridgehead atoms. The van der Waals surface area contributed by atoms with Crippen molar-refractivity contribution in [1.82, 2.24) is 10.2 Å². The lowest BCUT2D eigenvalue weighted by Crippen LogP contribution is -2.68. The summed E-state index contributed by atoms with van der Waals surface area (Å²) in [6.45, 7) is 3.52. The molecule has 1 atom stereocenters. The average Bonchev–Trinajstić information content (AvgIpc) is 2.33. The first-order chi connectivity index (χ1) is 8.94. The molecule has 0 aromatic heterocycles. The van der Waals surface area contributed by atoms with Crippen LogP contribution in [0.4, 0.5) is 0 Å². The van der Waals surface area contributed by atoms with Crippen LogP contribution in [0, 0.1) is 0 Å². The zero-order chi connectivity index (χ0) is 14.0. The number of hydrogen-bond donors (Lipinski definition) is 2. The monoisotopic (exact) mass is 282 g/mol. The van der Waals surface area contributed by atoms with Crippen LogP contribution in [0.5, 0.6) is 0 Å². The van der Waals surface area contributed by atoms with Gasteiger partial charge in [-0.15, -0.1) is 0 Å². The first kappa shape index (κ1) is 14.3. The number of carbonyl (C=O) groups is 1. The Morgan fingerprint density at radius 2 is 2.05 bits per heavy atom. The lowest BCUT2D eigenvalue weighted by atomic mass is 9.85. The molecule has 4 nitrogen and oxygen atoms in total. The molecule has 19 heavy (non-hydrogen) atoms. The average molecular weight is 283 g/mol. The lowest BCUT2D eigenvalue weighted by Gasteiger charge is -2.50. The molecule has 1 aromatic carbocycles. The SMILES string of the molecule is CC(c1ccc(Cl)cc1)N(C)C1(CC(=O)O)CNC1. The minimum absolute atomic E-state index is 0.152. The lowest BCUT2D eigenvalue weighted by molar-refractivity contribution is -0.142. The van der Waals surface area contributed by atoms with Crippen LogP contribution in [-0.2, 0) is 4.79 Å². The van der Waals surface area contributed by atoms with Crippen LogP contribution in [0.1, 0.15) is 24.9 Å². The Morgan fingerprint density at radius 1 is 1.47 bits per heavy atom. The van der Waals surface area contributed by atoms with Gasteiger partial charge in [0.05, 0.1) is 12.0 Å². The van der Waals surface area contributed by atoms with Crippen molar-refractivity contribution < 1.29 is 9.90 Å². The summed E-state index contributed by atoms with van der Waals surface area (Å²) in [6, 6.07) is 7.86. The third-order valence-corrected chi connectivity index (χ3v) is 4.32. The number of rotatable bonds is 5. The molecule has 1 aliphatic heterocycles. The maximum Gasteiger partial charge on any atom is 0.305 e. The van der Waals surface area contributed by atoms with Crippen LogP contribution in [-0.4, -0.2) is 41.7 Å². The molecule has 104 valence electrons. The van der Waals surface area contributed by atoms with E-state index in [9.17, 15) is 4.79 Å². The van der Waals surface area contributed by atoms with E-state index in [1.807, 2.05) is 31.3 Å². The molecule has 0 aliphatic carbocycles. The van der Waals surface area contributed by atoms with Gasteiger partial charge in [0.25, 0.3) is 0 Å². The normalized spacial score (nSPS) is 18.9. The van der Waals surface area contributed by atoms with Crippen LogP contribution in [0.25, 0.3) is 0 Å². The molecule has 2 N–H and O–H groups in total. The molecule has 1 unspecified atom stereocenters. The molecule has 0 radical (unpaired) electrons. The highest BCUT2D eigenvalue weighted by molar-refractivity contribution is 6.30. The maximum atomic E-state index is 11.0. The molecule has 0 spiro atoms. The Hall–Kier alpha value is -1.10. The molecule has 0 amide bonds. The van der Waals surface area contributed by atoms with Crippen molar-refractivity contribution in [3.63, 3.8) is 0 Å². The third kappa shape index (κ3) is 2.91. The van der Waals surface area contributed by atoms with Gasteiger partial charge < -0.3 is 10.4 Å². The second-order valence-electron chi connectivity index (χ2n) is 5.24. The highest BCUT2D eigenvalue weighted by Crippen LogP contribution is 2.32. The van der Waals surface area contributed by atoms with Crippen LogP contribution < -0.4 is 5.32 Å². The molecule has 1 heterocycles. The number of benzene rings is 1. The highest BCUT2D eigenvalue weighted by Gasteiger charge is 2.44.